The smallest absolute Gasteiger partial charge is 0.399 e. The first kappa shape index (κ1) is 18.0. The molecule has 6 heteroatoms. The first-order valence-corrected chi connectivity index (χ1v) is 7.97. The summed E-state index contributed by atoms with van der Waals surface area (Å²) in [5.74, 6) is -0.322. The van der Waals surface area contributed by atoms with Gasteiger partial charge in [0, 0.05) is 17.6 Å². The molecule has 1 amide bonds. The van der Waals surface area contributed by atoms with Gasteiger partial charge < -0.3 is 14.6 Å². The second kappa shape index (κ2) is 6.25. The van der Waals surface area contributed by atoms with Crippen LogP contribution in [-0.4, -0.2) is 24.2 Å². The molecule has 126 valence electrons. The summed E-state index contributed by atoms with van der Waals surface area (Å²) in [6.07, 6.45) is 0.403. The van der Waals surface area contributed by atoms with Crippen molar-refractivity contribution in [1.29, 1.82) is 0 Å². The minimum atomic E-state index is -0.750. The van der Waals surface area contributed by atoms with Crippen molar-refractivity contribution < 1.29 is 18.5 Å². The normalized spacial score (nSPS) is 19.2. The fourth-order valence-electron chi connectivity index (χ4n) is 2.35. The van der Waals surface area contributed by atoms with E-state index in [2.05, 4.69) is 5.32 Å². The molecule has 0 aliphatic carbocycles. The number of hydrogen-bond donors (Lipinski definition) is 1. The molecule has 2 rings (SSSR count). The van der Waals surface area contributed by atoms with Crippen molar-refractivity contribution in [3.05, 3.63) is 24.0 Å². The summed E-state index contributed by atoms with van der Waals surface area (Å²) in [6, 6.07) is 4.57. The van der Waals surface area contributed by atoms with Gasteiger partial charge in [-0.3, -0.25) is 4.79 Å². The van der Waals surface area contributed by atoms with Crippen LogP contribution < -0.4 is 10.8 Å². The second-order valence-electron chi connectivity index (χ2n) is 7.47. The van der Waals surface area contributed by atoms with Gasteiger partial charge in [-0.25, -0.2) is 4.39 Å². The molecule has 0 saturated carbocycles. The predicted molar refractivity (Wildman–Crippen MR) is 90.2 cm³/mol. The van der Waals surface area contributed by atoms with Crippen LogP contribution in [0.25, 0.3) is 0 Å². The van der Waals surface area contributed by atoms with Gasteiger partial charge in [0.25, 0.3) is 0 Å². The molecule has 0 spiro atoms. The number of carbonyl (C=O) groups is 1. The quantitative estimate of drug-likeness (QED) is 0.867. The number of rotatable bonds is 4. The molecule has 0 unspecified atom stereocenters. The molecule has 0 radical (unpaired) electrons. The van der Waals surface area contributed by atoms with Crippen molar-refractivity contribution in [2.75, 3.05) is 5.32 Å². The summed E-state index contributed by atoms with van der Waals surface area (Å²) in [4.78, 5) is 11.8. The molecule has 1 fully saturated rings. The first-order chi connectivity index (χ1) is 10.5. The van der Waals surface area contributed by atoms with E-state index in [0.717, 1.165) is 0 Å². The zero-order valence-electron chi connectivity index (χ0n) is 14.7. The number of benzene rings is 1. The van der Waals surface area contributed by atoms with Crippen molar-refractivity contribution in [1.82, 2.24) is 0 Å². The van der Waals surface area contributed by atoms with Crippen LogP contribution in [0.1, 0.15) is 48.0 Å². The van der Waals surface area contributed by atoms with Crippen LogP contribution in [0.2, 0.25) is 0 Å². The topological polar surface area (TPSA) is 47.6 Å². The fourth-order valence-corrected chi connectivity index (χ4v) is 2.35. The Bertz CT molecular complexity index is 586. The molecule has 1 aliphatic rings. The lowest BCUT2D eigenvalue weighted by atomic mass is 9.78. The van der Waals surface area contributed by atoms with Crippen molar-refractivity contribution in [2.24, 2.45) is 5.92 Å². The zero-order chi connectivity index (χ0) is 17.4. The summed E-state index contributed by atoms with van der Waals surface area (Å²) in [5.41, 5.74) is -0.262. The summed E-state index contributed by atoms with van der Waals surface area (Å²) < 4.78 is 26.1. The summed E-state index contributed by atoms with van der Waals surface area (Å²) in [7, 11) is -0.750. The Balaban J connectivity index is 2.13. The largest absolute Gasteiger partial charge is 0.497 e. The third-order valence-corrected chi connectivity index (χ3v) is 4.39. The standard InChI is InChI=1S/C17H25BFNO3/c1-11(2)9-15(21)20-12-7-8-13(14(19)10-12)18-22-16(3,4)17(5,6)23-18/h7-8,10-11H,9H2,1-6H3,(H,20,21). The van der Waals surface area contributed by atoms with Crippen molar-refractivity contribution in [2.45, 2.75) is 59.2 Å². The maximum absolute atomic E-state index is 14.4. The molecule has 1 aromatic rings. The highest BCUT2D eigenvalue weighted by Crippen LogP contribution is 2.36. The van der Waals surface area contributed by atoms with Crippen molar-refractivity contribution >= 4 is 24.2 Å². The third-order valence-electron chi connectivity index (χ3n) is 4.39. The summed E-state index contributed by atoms with van der Waals surface area (Å²) in [6.45, 7) is 11.6. The molecule has 0 atom stereocenters. The van der Waals surface area contributed by atoms with Gasteiger partial charge in [0.05, 0.1) is 11.2 Å². The van der Waals surface area contributed by atoms with Gasteiger partial charge in [0.15, 0.2) is 0 Å². The van der Waals surface area contributed by atoms with Crippen LogP contribution in [0.5, 0.6) is 0 Å². The SMILES string of the molecule is CC(C)CC(=O)Nc1ccc(B2OC(C)(C)C(C)(C)O2)c(F)c1. The Hall–Kier alpha value is -1.40. The number of amides is 1. The van der Waals surface area contributed by atoms with E-state index in [9.17, 15) is 9.18 Å². The molecule has 4 nitrogen and oxygen atoms in total. The Morgan fingerprint density at radius 3 is 2.26 bits per heavy atom. The highest BCUT2D eigenvalue weighted by molar-refractivity contribution is 6.62. The second-order valence-corrected chi connectivity index (χ2v) is 7.47. The van der Waals surface area contributed by atoms with E-state index in [1.807, 2.05) is 41.5 Å². The molecule has 0 aromatic heterocycles. The molecular formula is C17H25BFNO3. The molecule has 1 N–H and O–H groups in total. The van der Waals surface area contributed by atoms with Crippen LogP contribution >= 0.6 is 0 Å². The molecule has 1 aromatic carbocycles. The Kier molecular flexibility index (Phi) is 4.88. The average molecular weight is 321 g/mol. The van der Waals surface area contributed by atoms with Gasteiger partial charge in [-0.15, -0.1) is 0 Å². The van der Waals surface area contributed by atoms with Crippen LogP contribution in [0.15, 0.2) is 18.2 Å². The zero-order valence-corrected chi connectivity index (χ0v) is 14.7. The fraction of sp³-hybridized carbons (Fsp3) is 0.588. The average Bonchev–Trinajstić information content (AvgIpc) is 2.56. The lowest BCUT2D eigenvalue weighted by Gasteiger charge is -2.32. The number of anilines is 1. The number of hydrogen-bond acceptors (Lipinski definition) is 3. The predicted octanol–water partition coefficient (Wildman–Crippen LogP) is 3.11. The van der Waals surface area contributed by atoms with Crippen LogP contribution in [0.3, 0.4) is 0 Å². The van der Waals surface area contributed by atoms with Gasteiger partial charge in [-0.05, 0) is 45.7 Å². The highest BCUT2D eigenvalue weighted by atomic mass is 19.1. The van der Waals surface area contributed by atoms with Gasteiger partial charge in [0.1, 0.15) is 5.82 Å². The van der Waals surface area contributed by atoms with E-state index in [1.54, 1.807) is 12.1 Å². The van der Waals surface area contributed by atoms with E-state index < -0.39 is 24.1 Å². The lowest BCUT2D eigenvalue weighted by Crippen LogP contribution is -2.41. The number of carbonyl (C=O) groups excluding carboxylic acids is 1. The Morgan fingerprint density at radius 1 is 1.22 bits per heavy atom. The van der Waals surface area contributed by atoms with E-state index in [0.29, 0.717) is 17.6 Å². The molecule has 23 heavy (non-hydrogen) atoms. The molecule has 1 saturated heterocycles. The van der Waals surface area contributed by atoms with Gasteiger partial charge in [-0.2, -0.15) is 0 Å². The van der Waals surface area contributed by atoms with Crippen LogP contribution in [0, 0.1) is 11.7 Å². The minimum absolute atomic E-state index is 0.122. The first-order valence-electron chi connectivity index (χ1n) is 7.97. The van der Waals surface area contributed by atoms with E-state index in [4.69, 9.17) is 9.31 Å². The molecule has 0 bridgehead atoms. The molecule has 1 aliphatic heterocycles. The van der Waals surface area contributed by atoms with Crippen molar-refractivity contribution in [3.63, 3.8) is 0 Å². The monoisotopic (exact) mass is 321 g/mol. The van der Waals surface area contributed by atoms with Gasteiger partial charge in [-0.1, -0.05) is 19.9 Å². The highest BCUT2D eigenvalue weighted by Gasteiger charge is 2.52. The minimum Gasteiger partial charge on any atom is -0.399 e. The molecular weight excluding hydrogens is 296 g/mol. The maximum atomic E-state index is 14.4. The Labute approximate surface area is 137 Å². The maximum Gasteiger partial charge on any atom is 0.497 e. The summed E-state index contributed by atoms with van der Waals surface area (Å²) in [5, 5.41) is 2.70. The van der Waals surface area contributed by atoms with Gasteiger partial charge in [0.2, 0.25) is 5.91 Å². The summed E-state index contributed by atoms with van der Waals surface area (Å²) >= 11 is 0. The number of nitrogens with one attached hydrogen (secondary N) is 1. The third kappa shape index (κ3) is 3.93. The molecule has 1 heterocycles. The number of halogens is 1. The van der Waals surface area contributed by atoms with Crippen molar-refractivity contribution in [3.8, 4) is 0 Å². The van der Waals surface area contributed by atoms with E-state index in [-0.39, 0.29) is 11.8 Å². The van der Waals surface area contributed by atoms with Gasteiger partial charge >= 0.3 is 7.12 Å². The van der Waals surface area contributed by atoms with E-state index >= 15 is 0 Å². The lowest BCUT2D eigenvalue weighted by molar-refractivity contribution is -0.116. The van der Waals surface area contributed by atoms with Crippen LogP contribution in [-0.2, 0) is 14.1 Å². The Morgan fingerprint density at radius 2 is 1.78 bits per heavy atom. The van der Waals surface area contributed by atoms with E-state index in [1.165, 1.54) is 6.07 Å². The van der Waals surface area contributed by atoms with Crippen LogP contribution in [0.4, 0.5) is 10.1 Å².